The van der Waals surface area contributed by atoms with E-state index in [1.807, 2.05) is 31.7 Å². The first-order valence-corrected chi connectivity index (χ1v) is 3.18. The van der Waals surface area contributed by atoms with Crippen LogP contribution in [0.15, 0.2) is 22.1 Å². The Hall–Kier alpha value is 0.194. The van der Waals surface area contributed by atoms with Crippen LogP contribution in [-0.2, 0) is 20.4 Å². The van der Waals surface area contributed by atoms with Crippen LogP contribution >= 0.6 is 0 Å². The van der Waals surface area contributed by atoms with Gasteiger partial charge in [0.25, 0.3) is 0 Å². The Balaban J connectivity index is 3.58. The van der Waals surface area contributed by atoms with Crippen molar-refractivity contribution in [2.24, 2.45) is 0 Å². The maximum atomic E-state index is 2.08. The van der Waals surface area contributed by atoms with Gasteiger partial charge in [0.15, 0.2) is 0 Å². The molecule has 0 amide bonds. The van der Waals surface area contributed by atoms with Crippen molar-refractivity contribution >= 4 is 0 Å². The third kappa shape index (κ3) is 4.04. The Bertz CT molecular complexity index is 90.4. The Morgan fingerprint density at radius 3 is 2.29 bits per heavy atom. The molecule has 0 radical (unpaired) electrons. The Morgan fingerprint density at radius 1 is 1.57 bits per heavy atom. The van der Waals surface area contributed by atoms with E-state index < -0.39 is 0 Å². The number of hydrogen-bond acceptors (Lipinski definition) is 0. The third-order valence-electron chi connectivity index (χ3n) is 0.802. The summed E-state index contributed by atoms with van der Waals surface area (Å²) in [6.07, 6.45) is 4.17. The van der Waals surface area contributed by atoms with Crippen LogP contribution in [0.25, 0.3) is 0 Å². The van der Waals surface area contributed by atoms with Crippen LogP contribution in [0.1, 0.15) is 13.8 Å². The first kappa shape index (κ1) is 7.19. The fraction of sp³-hybridized carbons (Fsp3) is 0.333. The monoisotopic (exact) mass is 129 g/mol. The standard InChI is InChI=1S/C6H9.Ti/c1-4-6(3)5-2;/h1,4-5H,2-3H3;/b4-1?,6-5+;. The van der Waals surface area contributed by atoms with Crippen LogP contribution in [0.5, 0.6) is 0 Å². The summed E-state index contributed by atoms with van der Waals surface area (Å²) >= 11 is 2.02. The molecule has 0 rings (SSSR count). The van der Waals surface area contributed by atoms with E-state index in [1.54, 1.807) is 0 Å². The predicted molar refractivity (Wildman–Crippen MR) is 28.6 cm³/mol. The van der Waals surface area contributed by atoms with Crippen LogP contribution in [0.2, 0.25) is 0 Å². The van der Waals surface area contributed by atoms with Crippen LogP contribution in [0, 0.1) is 0 Å². The molecule has 0 unspecified atom stereocenters. The maximum absolute atomic E-state index is 2.08. The number of rotatable bonds is 1. The SMILES string of the molecule is C/C=C(C)/C=[CH]/[Ti]. The zero-order chi connectivity index (χ0) is 5.70. The molecule has 0 nitrogen and oxygen atoms in total. The Kier molecular flexibility index (Phi) is 4.48. The van der Waals surface area contributed by atoms with Crippen LogP contribution < -0.4 is 0 Å². The molecule has 0 aliphatic rings. The first-order chi connectivity index (χ1) is 3.31. The molecule has 37 valence electrons. The normalized spacial score (nSPS) is 13.0. The zero-order valence-electron chi connectivity index (χ0n) is 4.73. The summed E-state index contributed by atoms with van der Waals surface area (Å²) in [6.45, 7) is 4.12. The van der Waals surface area contributed by atoms with Gasteiger partial charge in [-0.25, -0.2) is 0 Å². The van der Waals surface area contributed by atoms with Crippen molar-refractivity contribution in [3.63, 3.8) is 0 Å². The molecule has 0 atom stereocenters. The minimum atomic E-state index is 1.32. The van der Waals surface area contributed by atoms with Crippen molar-refractivity contribution in [2.75, 3.05) is 0 Å². The molecule has 0 bridgehead atoms. The molecule has 7 heavy (non-hydrogen) atoms. The van der Waals surface area contributed by atoms with Gasteiger partial charge in [-0.15, -0.1) is 0 Å². The summed E-state index contributed by atoms with van der Waals surface area (Å²) in [7, 11) is 0. The fourth-order valence-corrected chi connectivity index (χ4v) is 0.638. The summed E-state index contributed by atoms with van der Waals surface area (Å²) in [5.41, 5.74) is 1.32. The molecule has 0 saturated carbocycles. The van der Waals surface area contributed by atoms with Crippen molar-refractivity contribution in [1.29, 1.82) is 0 Å². The van der Waals surface area contributed by atoms with E-state index in [2.05, 4.69) is 19.1 Å². The van der Waals surface area contributed by atoms with Crippen LogP contribution in [-0.4, -0.2) is 0 Å². The van der Waals surface area contributed by atoms with Crippen molar-refractivity contribution in [2.45, 2.75) is 13.8 Å². The van der Waals surface area contributed by atoms with E-state index in [0.29, 0.717) is 0 Å². The summed E-state index contributed by atoms with van der Waals surface area (Å²) in [4.78, 5) is 0. The molecule has 0 heterocycles. The van der Waals surface area contributed by atoms with Gasteiger partial charge in [-0.05, 0) is 0 Å². The molecule has 0 fully saturated rings. The topological polar surface area (TPSA) is 0 Å². The van der Waals surface area contributed by atoms with E-state index in [-0.39, 0.29) is 0 Å². The van der Waals surface area contributed by atoms with E-state index in [0.717, 1.165) is 0 Å². The molecule has 0 spiro atoms. The summed E-state index contributed by atoms with van der Waals surface area (Å²) in [5, 5.41) is 0. The molecule has 0 aliphatic heterocycles. The van der Waals surface area contributed by atoms with Gasteiger partial charge in [0, 0.05) is 0 Å². The average Bonchev–Trinajstić information content (AvgIpc) is 1.68. The van der Waals surface area contributed by atoms with Crippen molar-refractivity contribution < 1.29 is 20.4 Å². The molecular formula is C6H9Ti. The minimum absolute atomic E-state index is 1.32. The number of allylic oxidation sites excluding steroid dienone is 3. The second-order valence-corrected chi connectivity index (χ2v) is 1.89. The summed E-state index contributed by atoms with van der Waals surface area (Å²) in [6, 6.07) is 0. The second-order valence-electron chi connectivity index (χ2n) is 1.37. The van der Waals surface area contributed by atoms with E-state index >= 15 is 0 Å². The van der Waals surface area contributed by atoms with Gasteiger partial charge < -0.3 is 0 Å². The molecular weight excluding hydrogens is 120 g/mol. The van der Waals surface area contributed by atoms with Gasteiger partial charge in [0.1, 0.15) is 0 Å². The zero-order valence-corrected chi connectivity index (χ0v) is 6.29. The fourth-order valence-electron chi connectivity index (χ4n) is 0.228. The Labute approximate surface area is 56.7 Å². The third-order valence-corrected chi connectivity index (χ3v) is 1.06. The van der Waals surface area contributed by atoms with Gasteiger partial charge in [-0.2, -0.15) is 0 Å². The first-order valence-electron chi connectivity index (χ1n) is 2.28. The Morgan fingerprint density at radius 2 is 2.14 bits per heavy atom. The summed E-state index contributed by atoms with van der Waals surface area (Å²) < 4.78 is 2.04. The quantitative estimate of drug-likeness (QED) is 0.375. The van der Waals surface area contributed by atoms with E-state index in [4.69, 9.17) is 0 Å². The van der Waals surface area contributed by atoms with Crippen molar-refractivity contribution in [3.8, 4) is 0 Å². The van der Waals surface area contributed by atoms with Gasteiger partial charge in [0.2, 0.25) is 0 Å². The van der Waals surface area contributed by atoms with Crippen LogP contribution in [0.4, 0.5) is 0 Å². The molecule has 0 saturated heterocycles. The average molecular weight is 129 g/mol. The van der Waals surface area contributed by atoms with Gasteiger partial charge in [-0.3, -0.25) is 0 Å². The molecule has 0 aromatic heterocycles. The van der Waals surface area contributed by atoms with Gasteiger partial charge in [0.05, 0.1) is 0 Å². The summed E-state index contributed by atoms with van der Waals surface area (Å²) in [5.74, 6) is 0. The predicted octanol–water partition coefficient (Wildman–Crippen LogP) is 2.01. The molecule has 0 N–H and O–H groups in total. The van der Waals surface area contributed by atoms with Crippen molar-refractivity contribution in [3.05, 3.63) is 22.1 Å². The molecule has 0 aromatic carbocycles. The second kappa shape index (κ2) is 4.36. The van der Waals surface area contributed by atoms with Crippen LogP contribution in [0.3, 0.4) is 0 Å². The molecule has 0 aliphatic carbocycles. The van der Waals surface area contributed by atoms with E-state index in [1.165, 1.54) is 5.57 Å². The molecule has 0 aromatic rings. The molecule has 1 heteroatoms. The van der Waals surface area contributed by atoms with E-state index in [9.17, 15) is 0 Å². The van der Waals surface area contributed by atoms with Gasteiger partial charge in [-0.1, -0.05) is 0 Å². The van der Waals surface area contributed by atoms with Gasteiger partial charge >= 0.3 is 56.4 Å². The van der Waals surface area contributed by atoms with Crippen molar-refractivity contribution in [1.82, 2.24) is 0 Å². The number of hydrogen-bond donors (Lipinski definition) is 0.